The van der Waals surface area contributed by atoms with E-state index in [0.29, 0.717) is 5.44 Å². The maximum Gasteiger partial charge on any atom is 0.112 e. The smallest absolute Gasteiger partial charge is 0.112 e. The molecule has 0 saturated carbocycles. The van der Waals surface area contributed by atoms with Crippen molar-refractivity contribution >= 4 is 23.5 Å². The Labute approximate surface area is 77.0 Å². The molecule has 0 aromatic heterocycles. The van der Waals surface area contributed by atoms with Crippen molar-refractivity contribution in [3.8, 4) is 0 Å². The summed E-state index contributed by atoms with van der Waals surface area (Å²) in [6, 6.07) is 0. The van der Waals surface area contributed by atoms with Crippen molar-refractivity contribution in [1.82, 2.24) is 0 Å². The first-order chi connectivity index (χ1) is 5.29. The summed E-state index contributed by atoms with van der Waals surface area (Å²) in [6.07, 6.45) is 0. The fourth-order valence-electron chi connectivity index (χ4n) is 0.798. The Hall–Kier alpha value is 0.400. The van der Waals surface area contributed by atoms with Gasteiger partial charge >= 0.3 is 0 Å². The van der Waals surface area contributed by atoms with Crippen LogP contribution in [0.5, 0.6) is 0 Å². The second-order valence-electron chi connectivity index (χ2n) is 2.64. The summed E-state index contributed by atoms with van der Waals surface area (Å²) in [5.74, 6) is 3.64. The van der Waals surface area contributed by atoms with Crippen molar-refractivity contribution in [2.75, 3.05) is 23.9 Å². The average molecular weight is 190 g/mol. The molecule has 0 aromatic carbocycles. The SMILES string of the molecule is C=C(C)COC1CSCCS1. The fourth-order valence-corrected chi connectivity index (χ4v) is 3.21. The maximum absolute atomic E-state index is 5.59. The van der Waals surface area contributed by atoms with E-state index in [4.69, 9.17) is 4.74 Å². The van der Waals surface area contributed by atoms with E-state index in [0.717, 1.165) is 17.9 Å². The first kappa shape index (κ1) is 9.49. The van der Waals surface area contributed by atoms with Gasteiger partial charge in [-0.25, -0.2) is 0 Å². The number of hydrogen-bond donors (Lipinski definition) is 0. The van der Waals surface area contributed by atoms with Gasteiger partial charge in [0.15, 0.2) is 0 Å². The van der Waals surface area contributed by atoms with Gasteiger partial charge in [0.05, 0.1) is 6.61 Å². The first-order valence-electron chi connectivity index (χ1n) is 3.74. The highest BCUT2D eigenvalue weighted by molar-refractivity contribution is 8.06. The molecule has 0 N–H and O–H groups in total. The van der Waals surface area contributed by atoms with Crippen molar-refractivity contribution in [1.29, 1.82) is 0 Å². The Bertz CT molecular complexity index is 130. The van der Waals surface area contributed by atoms with Gasteiger partial charge in [-0.3, -0.25) is 0 Å². The third-order valence-corrected chi connectivity index (χ3v) is 3.92. The lowest BCUT2D eigenvalue weighted by atomic mass is 10.4. The zero-order chi connectivity index (χ0) is 8.10. The van der Waals surface area contributed by atoms with E-state index in [-0.39, 0.29) is 0 Å². The molecular weight excluding hydrogens is 176 g/mol. The van der Waals surface area contributed by atoms with E-state index in [1.54, 1.807) is 0 Å². The third-order valence-electron chi connectivity index (χ3n) is 1.30. The minimum atomic E-state index is 0.408. The summed E-state index contributed by atoms with van der Waals surface area (Å²) < 4.78 is 5.59. The van der Waals surface area contributed by atoms with Crippen LogP contribution in [0.1, 0.15) is 6.92 Å². The van der Waals surface area contributed by atoms with Crippen LogP contribution in [0.3, 0.4) is 0 Å². The molecule has 3 heteroatoms. The zero-order valence-corrected chi connectivity index (χ0v) is 8.47. The molecule has 64 valence electrons. The fraction of sp³-hybridized carbons (Fsp3) is 0.750. The van der Waals surface area contributed by atoms with E-state index in [9.17, 15) is 0 Å². The molecule has 1 aliphatic heterocycles. The van der Waals surface area contributed by atoms with Crippen LogP contribution >= 0.6 is 23.5 Å². The summed E-state index contributed by atoms with van der Waals surface area (Å²) in [4.78, 5) is 0. The quantitative estimate of drug-likeness (QED) is 0.632. The molecule has 1 aliphatic rings. The van der Waals surface area contributed by atoms with Crippen LogP contribution in [0.4, 0.5) is 0 Å². The van der Waals surface area contributed by atoms with E-state index in [1.807, 2.05) is 30.4 Å². The molecule has 0 spiro atoms. The first-order valence-corrected chi connectivity index (χ1v) is 5.94. The standard InChI is InChI=1S/C8H14OS2/c1-7(2)5-9-8-6-10-3-4-11-8/h8H,1,3-6H2,2H3. The van der Waals surface area contributed by atoms with Gasteiger partial charge < -0.3 is 4.74 Å². The van der Waals surface area contributed by atoms with E-state index in [1.165, 1.54) is 11.5 Å². The van der Waals surface area contributed by atoms with Gasteiger partial charge in [0.1, 0.15) is 5.44 Å². The average Bonchev–Trinajstić information content (AvgIpc) is 2.03. The van der Waals surface area contributed by atoms with Crippen molar-refractivity contribution in [3.05, 3.63) is 12.2 Å². The molecule has 1 unspecified atom stereocenters. The lowest BCUT2D eigenvalue weighted by Gasteiger charge is -2.21. The summed E-state index contributed by atoms with van der Waals surface area (Å²) in [6.45, 7) is 6.52. The second kappa shape index (κ2) is 5.12. The Morgan fingerprint density at radius 2 is 2.45 bits per heavy atom. The van der Waals surface area contributed by atoms with Crippen LogP contribution in [0.25, 0.3) is 0 Å². The van der Waals surface area contributed by atoms with Crippen LogP contribution in [0.2, 0.25) is 0 Å². The van der Waals surface area contributed by atoms with Crippen molar-refractivity contribution in [2.24, 2.45) is 0 Å². The number of ether oxygens (including phenoxy) is 1. The molecule has 1 heterocycles. The highest BCUT2D eigenvalue weighted by Crippen LogP contribution is 2.24. The molecule has 0 radical (unpaired) electrons. The summed E-state index contributed by atoms with van der Waals surface area (Å²) in [5.41, 5.74) is 1.52. The Balaban J connectivity index is 2.09. The third kappa shape index (κ3) is 4.09. The topological polar surface area (TPSA) is 9.23 Å². The highest BCUT2D eigenvalue weighted by Gasteiger charge is 2.13. The van der Waals surface area contributed by atoms with Gasteiger partial charge in [0, 0.05) is 17.3 Å². The van der Waals surface area contributed by atoms with Gasteiger partial charge in [0.25, 0.3) is 0 Å². The summed E-state index contributed by atoms with van der Waals surface area (Å²) in [7, 11) is 0. The molecule has 0 bridgehead atoms. The second-order valence-corrected chi connectivity index (χ2v) is 5.06. The van der Waals surface area contributed by atoms with Crippen molar-refractivity contribution in [3.63, 3.8) is 0 Å². The molecule has 1 rings (SSSR count). The van der Waals surface area contributed by atoms with Crippen molar-refractivity contribution in [2.45, 2.75) is 12.4 Å². The highest BCUT2D eigenvalue weighted by atomic mass is 32.2. The molecular formula is C8H14OS2. The Morgan fingerprint density at radius 3 is 3.00 bits per heavy atom. The number of hydrogen-bond acceptors (Lipinski definition) is 3. The minimum Gasteiger partial charge on any atom is -0.362 e. The lowest BCUT2D eigenvalue weighted by Crippen LogP contribution is -2.18. The monoisotopic (exact) mass is 190 g/mol. The zero-order valence-electron chi connectivity index (χ0n) is 6.84. The molecule has 11 heavy (non-hydrogen) atoms. The van der Waals surface area contributed by atoms with Gasteiger partial charge in [-0.15, -0.1) is 11.8 Å². The van der Waals surface area contributed by atoms with E-state index in [2.05, 4.69) is 6.58 Å². The number of thioether (sulfide) groups is 2. The maximum atomic E-state index is 5.59. The lowest BCUT2D eigenvalue weighted by molar-refractivity contribution is 0.148. The molecule has 0 amide bonds. The molecule has 0 aromatic rings. The van der Waals surface area contributed by atoms with Crippen LogP contribution in [0.15, 0.2) is 12.2 Å². The van der Waals surface area contributed by atoms with Gasteiger partial charge in [0.2, 0.25) is 0 Å². The van der Waals surface area contributed by atoms with E-state index >= 15 is 0 Å². The molecule has 1 fully saturated rings. The van der Waals surface area contributed by atoms with Gasteiger partial charge in [-0.2, -0.15) is 11.8 Å². The molecule has 1 saturated heterocycles. The summed E-state index contributed by atoms with van der Waals surface area (Å²) >= 11 is 3.90. The normalized spacial score (nSPS) is 25.0. The van der Waals surface area contributed by atoms with Crippen LogP contribution < -0.4 is 0 Å². The molecule has 1 nitrogen and oxygen atoms in total. The molecule has 0 aliphatic carbocycles. The predicted molar refractivity (Wildman–Crippen MR) is 54.3 cm³/mol. The minimum absolute atomic E-state index is 0.408. The summed E-state index contributed by atoms with van der Waals surface area (Å²) in [5, 5.41) is 0. The van der Waals surface area contributed by atoms with Crippen LogP contribution in [0, 0.1) is 0 Å². The van der Waals surface area contributed by atoms with Gasteiger partial charge in [-0.05, 0) is 6.92 Å². The molecule has 1 atom stereocenters. The van der Waals surface area contributed by atoms with Crippen LogP contribution in [-0.2, 0) is 4.74 Å². The largest absolute Gasteiger partial charge is 0.362 e. The Kier molecular flexibility index (Phi) is 4.41. The van der Waals surface area contributed by atoms with E-state index < -0.39 is 0 Å². The Morgan fingerprint density at radius 1 is 1.64 bits per heavy atom. The van der Waals surface area contributed by atoms with Crippen molar-refractivity contribution < 1.29 is 4.74 Å². The predicted octanol–water partition coefficient (Wildman–Crippen LogP) is 2.39. The van der Waals surface area contributed by atoms with Crippen LogP contribution in [-0.4, -0.2) is 29.3 Å². The number of rotatable bonds is 3. The van der Waals surface area contributed by atoms with Gasteiger partial charge in [-0.1, -0.05) is 12.2 Å².